The van der Waals surface area contributed by atoms with Crippen LogP contribution in [0.15, 0.2) is 61.2 Å². The third-order valence-corrected chi connectivity index (χ3v) is 4.40. The lowest BCUT2D eigenvalue weighted by molar-refractivity contribution is 0.102. The Balaban J connectivity index is 1.64. The summed E-state index contributed by atoms with van der Waals surface area (Å²) in [7, 11) is 0. The van der Waals surface area contributed by atoms with Gasteiger partial charge in [0.1, 0.15) is 12.1 Å². The quantitative estimate of drug-likeness (QED) is 0.453. The number of aromatic hydroxyl groups is 1. The molecule has 0 atom stereocenters. The van der Waals surface area contributed by atoms with Crippen LogP contribution in [0.5, 0.6) is 5.75 Å². The number of nitrogens with one attached hydrogen (secondary N) is 2. The summed E-state index contributed by atoms with van der Waals surface area (Å²) < 4.78 is 14.0. The van der Waals surface area contributed by atoms with Gasteiger partial charge < -0.3 is 15.7 Å². The molecule has 2 aromatic heterocycles. The van der Waals surface area contributed by atoms with Crippen LogP contribution in [0.2, 0.25) is 0 Å². The normalized spacial score (nSPS) is 10.7. The molecule has 4 rings (SSSR count). The van der Waals surface area contributed by atoms with Crippen LogP contribution in [0.3, 0.4) is 0 Å². The molecule has 1 amide bonds. The van der Waals surface area contributed by atoms with Gasteiger partial charge >= 0.3 is 0 Å². The molecule has 29 heavy (non-hydrogen) atoms. The summed E-state index contributed by atoms with van der Waals surface area (Å²) in [4.78, 5) is 24.8. The largest absolute Gasteiger partial charge is 0.503 e. The maximum atomic E-state index is 14.0. The summed E-state index contributed by atoms with van der Waals surface area (Å²) in [6.45, 7) is 1.57. The summed E-state index contributed by atoms with van der Waals surface area (Å²) in [5.41, 5.74) is 2.10. The average Bonchev–Trinajstić information content (AvgIpc) is 2.74. The molecule has 3 N–H and O–H groups in total. The summed E-state index contributed by atoms with van der Waals surface area (Å²) in [6.07, 6.45) is 4.51. The Bertz CT molecular complexity index is 1210. The van der Waals surface area contributed by atoms with Crippen LogP contribution in [0.1, 0.15) is 15.9 Å². The smallest absolute Gasteiger partial charge is 0.255 e. The number of pyridine rings is 1. The number of phenolic OH excluding ortho intramolecular Hbond substituents is 1. The van der Waals surface area contributed by atoms with E-state index in [1.165, 1.54) is 6.33 Å². The molecule has 0 radical (unpaired) electrons. The van der Waals surface area contributed by atoms with Crippen molar-refractivity contribution in [1.29, 1.82) is 0 Å². The van der Waals surface area contributed by atoms with Crippen molar-refractivity contribution in [3.8, 4) is 5.75 Å². The van der Waals surface area contributed by atoms with Crippen LogP contribution in [0.4, 0.5) is 21.6 Å². The number of carbonyl (C=O) groups is 1. The van der Waals surface area contributed by atoms with Crippen LogP contribution >= 0.6 is 0 Å². The standard InChI is InChI=1S/C21H16FN5O2/c1-12-2-5-16(19(28)18(12)22)27-20-15-4-3-13(10-17(15)24-11-25-20)21(29)26-14-6-8-23-9-7-14/h2-11,28H,1H3,(H,23,26,29)(H,24,25,27). The molecule has 4 aromatic rings. The highest BCUT2D eigenvalue weighted by atomic mass is 19.1. The van der Waals surface area contributed by atoms with E-state index in [1.54, 1.807) is 61.8 Å². The second-order valence-corrected chi connectivity index (χ2v) is 6.36. The average molecular weight is 389 g/mol. The summed E-state index contributed by atoms with van der Waals surface area (Å²) in [6, 6.07) is 11.5. The lowest BCUT2D eigenvalue weighted by Crippen LogP contribution is -2.12. The van der Waals surface area contributed by atoms with Gasteiger partial charge in [0.25, 0.3) is 5.91 Å². The number of rotatable bonds is 4. The SMILES string of the molecule is Cc1ccc(Nc2ncnc3cc(C(=O)Nc4ccncc4)ccc23)c(O)c1F. The minimum Gasteiger partial charge on any atom is -0.503 e. The van der Waals surface area contributed by atoms with E-state index < -0.39 is 11.6 Å². The molecular weight excluding hydrogens is 373 g/mol. The minimum absolute atomic E-state index is 0.188. The number of fused-ring (bicyclic) bond motifs is 1. The van der Waals surface area contributed by atoms with Crippen molar-refractivity contribution in [3.63, 3.8) is 0 Å². The van der Waals surface area contributed by atoms with Crippen molar-refractivity contribution in [2.24, 2.45) is 0 Å². The highest BCUT2D eigenvalue weighted by Crippen LogP contribution is 2.32. The number of aromatic nitrogens is 3. The van der Waals surface area contributed by atoms with Gasteiger partial charge in [0.15, 0.2) is 11.6 Å². The zero-order valence-electron chi connectivity index (χ0n) is 15.3. The van der Waals surface area contributed by atoms with E-state index >= 15 is 0 Å². The molecule has 0 bridgehead atoms. The maximum Gasteiger partial charge on any atom is 0.255 e. The topological polar surface area (TPSA) is 100 Å². The second kappa shape index (κ2) is 7.51. The molecule has 0 saturated carbocycles. The van der Waals surface area contributed by atoms with Gasteiger partial charge in [-0.2, -0.15) is 0 Å². The van der Waals surface area contributed by atoms with Crippen LogP contribution in [-0.4, -0.2) is 26.0 Å². The molecule has 0 fully saturated rings. The number of nitrogens with zero attached hydrogens (tertiary/aromatic N) is 3. The van der Waals surface area contributed by atoms with Crippen molar-refractivity contribution in [1.82, 2.24) is 15.0 Å². The van der Waals surface area contributed by atoms with Crippen molar-refractivity contribution in [3.05, 3.63) is 78.1 Å². The summed E-state index contributed by atoms with van der Waals surface area (Å²) >= 11 is 0. The molecule has 2 aromatic carbocycles. The zero-order chi connectivity index (χ0) is 20.4. The van der Waals surface area contributed by atoms with Gasteiger partial charge in [0, 0.05) is 29.0 Å². The Morgan fingerprint density at radius 2 is 1.86 bits per heavy atom. The third kappa shape index (κ3) is 3.68. The molecule has 7 nitrogen and oxygen atoms in total. The molecule has 0 saturated heterocycles. The van der Waals surface area contributed by atoms with E-state index in [0.29, 0.717) is 33.5 Å². The van der Waals surface area contributed by atoms with Crippen LogP contribution in [0, 0.1) is 12.7 Å². The van der Waals surface area contributed by atoms with Gasteiger partial charge in [-0.25, -0.2) is 14.4 Å². The highest BCUT2D eigenvalue weighted by Gasteiger charge is 2.14. The number of benzene rings is 2. The molecule has 0 aliphatic heterocycles. The van der Waals surface area contributed by atoms with Crippen molar-refractivity contribution in [2.75, 3.05) is 10.6 Å². The zero-order valence-corrected chi connectivity index (χ0v) is 15.3. The first-order valence-corrected chi connectivity index (χ1v) is 8.74. The fraction of sp³-hybridized carbons (Fsp3) is 0.0476. The van der Waals surface area contributed by atoms with Gasteiger partial charge in [0.2, 0.25) is 0 Å². The minimum atomic E-state index is -0.691. The van der Waals surface area contributed by atoms with E-state index in [4.69, 9.17) is 0 Å². The van der Waals surface area contributed by atoms with Crippen LogP contribution in [0.25, 0.3) is 10.9 Å². The fourth-order valence-electron chi connectivity index (χ4n) is 2.83. The Kier molecular flexibility index (Phi) is 4.74. The number of halogens is 1. The maximum absolute atomic E-state index is 14.0. The van der Waals surface area contributed by atoms with E-state index in [9.17, 15) is 14.3 Å². The molecule has 144 valence electrons. The van der Waals surface area contributed by atoms with Gasteiger partial charge in [-0.1, -0.05) is 6.07 Å². The van der Waals surface area contributed by atoms with Gasteiger partial charge in [-0.15, -0.1) is 0 Å². The van der Waals surface area contributed by atoms with Crippen LogP contribution < -0.4 is 10.6 Å². The molecular formula is C21H16FN5O2. The molecule has 0 aliphatic carbocycles. The highest BCUT2D eigenvalue weighted by molar-refractivity contribution is 6.06. The van der Waals surface area contributed by atoms with E-state index in [0.717, 1.165) is 0 Å². The molecule has 2 heterocycles. The van der Waals surface area contributed by atoms with Gasteiger partial charge in [-0.05, 0) is 48.9 Å². The molecule has 0 unspecified atom stereocenters. The Hall–Kier alpha value is -4.07. The second-order valence-electron chi connectivity index (χ2n) is 6.36. The van der Waals surface area contributed by atoms with Crippen LogP contribution in [-0.2, 0) is 0 Å². The first kappa shape index (κ1) is 18.3. The number of amides is 1. The predicted octanol–water partition coefficient (Wildman–Crippen LogP) is 4.17. The number of phenols is 1. The Morgan fingerprint density at radius 1 is 1.07 bits per heavy atom. The van der Waals surface area contributed by atoms with Crippen molar-refractivity contribution < 1.29 is 14.3 Å². The van der Waals surface area contributed by atoms with E-state index in [1.807, 2.05) is 0 Å². The molecule has 8 heteroatoms. The van der Waals surface area contributed by atoms with Crippen molar-refractivity contribution >= 4 is 34.0 Å². The number of hydrogen-bond acceptors (Lipinski definition) is 6. The molecule has 0 spiro atoms. The third-order valence-electron chi connectivity index (χ3n) is 4.40. The van der Waals surface area contributed by atoms with E-state index in [-0.39, 0.29) is 11.6 Å². The van der Waals surface area contributed by atoms with Gasteiger partial charge in [-0.3, -0.25) is 9.78 Å². The first-order chi connectivity index (χ1) is 14.0. The lowest BCUT2D eigenvalue weighted by atomic mass is 10.1. The Labute approximate surface area is 165 Å². The number of carbonyl (C=O) groups excluding carboxylic acids is 1. The summed E-state index contributed by atoms with van der Waals surface area (Å²) in [5.74, 6) is -1.08. The number of aryl methyl sites for hydroxylation is 1. The monoisotopic (exact) mass is 389 g/mol. The van der Waals surface area contributed by atoms with Crippen molar-refractivity contribution in [2.45, 2.75) is 6.92 Å². The summed E-state index contributed by atoms with van der Waals surface area (Å²) in [5, 5.41) is 16.4. The predicted molar refractivity (Wildman–Crippen MR) is 108 cm³/mol. The number of hydrogen-bond donors (Lipinski definition) is 3. The molecule has 0 aliphatic rings. The lowest BCUT2D eigenvalue weighted by Gasteiger charge is -2.12. The first-order valence-electron chi connectivity index (χ1n) is 8.74. The van der Waals surface area contributed by atoms with E-state index in [2.05, 4.69) is 25.6 Å². The van der Waals surface area contributed by atoms with Gasteiger partial charge in [0.05, 0.1) is 11.2 Å². The number of anilines is 3. The Morgan fingerprint density at radius 3 is 2.66 bits per heavy atom. The fourth-order valence-corrected chi connectivity index (χ4v) is 2.83.